The van der Waals surface area contributed by atoms with Crippen molar-refractivity contribution in [1.82, 2.24) is 4.90 Å². The molecule has 1 saturated heterocycles. The van der Waals surface area contributed by atoms with Crippen LogP contribution in [0.3, 0.4) is 0 Å². The summed E-state index contributed by atoms with van der Waals surface area (Å²) in [6, 6.07) is 20.3. The van der Waals surface area contributed by atoms with E-state index in [1.165, 1.54) is 7.11 Å². The van der Waals surface area contributed by atoms with Gasteiger partial charge in [0.05, 0.1) is 12.0 Å². The van der Waals surface area contributed by atoms with E-state index in [1.54, 1.807) is 48.5 Å². The topological polar surface area (TPSA) is 84.9 Å². The number of hydrogen-bond acceptors (Lipinski definition) is 6. The Hall–Kier alpha value is -2.83. The van der Waals surface area contributed by atoms with Crippen LogP contribution in [0.1, 0.15) is 11.1 Å². The molecule has 3 aromatic rings. The first-order valence-electron chi connectivity index (χ1n) is 10.7. The third-order valence-corrected chi connectivity index (χ3v) is 7.25. The number of rotatable bonds is 8. The molecule has 1 aliphatic heterocycles. The first-order chi connectivity index (χ1) is 17.3. The van der Waals surface area contributed by atoms with Gasteiger partial charge < -0.3 is 14.8 Å². The van der Waals surface area contributed by atoms with Crippen LogP contribution in [-0.4, -0.2) is 35.6 Å². The fraction of sp³-hybridized carbons (Fsp3) is 0.115. The van der Waals surface area contributed by atoms with Crippen molar-refractivity contribution in [3.8, 4) is 11.5 Å². The van der Waals surface area contributed by atoms with E-state index >= 15 is 0 Å². The van der Waals surface area contributed by atoms with Crippen molar-refractivity contribution in [1.29, 1.82) is 0 Å². The highest BCUT2D eigenvalue weighted by molar-refractivity contribution is 14.1. The Labute approximate surface area is 234 Å². The molecule has 0 bridgehead atoms. The van der Waals surface area contributed by atoms with Crippen LogP contribution in [0.15, 0.2) is 76.1 Å². The molecule has 1 aliphatic rings. The van der Waals surface area contributed by atoms with Crippen LogP contribution in [0.4, 0.5) is 10.5 Å². The molecule has 3 aromatic carbocycles. The Balaban J connectivity index is 1.42. The molecule has 4 rings (SSSR count). The number of carbonyl (C=O) groups is 3. The van der Waals surface area contributed by atoms with Crippen molar-refractivity contribution in [2.24, 2.45) is 0 Å². The summed E-state index contributed by atoms with van der Waals surface area (Å²) in [4.78, 5) is 38.8. The first-order valence-corrected chi connectivity index (χ1v) is 13.4. The SMILES string of the molecule is COc1cc(/C=C2\SC(=O)N(CC(=O)Nc3ccc(Br)cc3)C2=O)ccc1OCc1ccc(I)cc1. The second kappa shape index (κ2) is 11.9. The number of thioether (sulfide) groups is 1. The summed E-state index contributed by atoms with van der Waals surface area (Å²) in [5.74, 6) is 0.0828. The number of anilines is 1. The van der Waals surface area contributed by atoms with E-state index in [2.05, 4.69) is 43.8 Å². The van der Waals surface area contributed by atoms with Crippen molar-refractivity contribution < 1.29 is 23.9 Å². The van der Waals surface area contributed by atoms with E-state index in [4.69, 9.17) is 9.47 Å². The lowest BCUT2D eigenvalue weighted by Gasteiger charge is -2.13. The van der Waals surface area contributed by atoms with Crippen LogP contribution in [0.5, 0.6) is 11.5 Å². The van der Waals surface area contributed by atoms with Crippen LogP contribution in [0.2, 0.25) is 0 Å². The van der Waals surface area contributed by atoms with Crippen molar-refractivity contribution in [2.45, 2.75) is 6.61 Å². The zero-order valence-electron chi connectivity index (χ0n) is 19.0. The molecule has 0 aromatic heterocycles. The van der Waals surface area contributed by atoms with Crippen LogP contribution in [-0.2, 0) is 16.2 Å². The molecular weight excluding hydrogens is 659 g/mol. The molecule has 0 atom stereocenters. The number of methoxy groups -OCH3 is 1. The quantitative estimate of drug-likeness (QED) is 0.222. The number of nitrogens with one attached hydrogen (secondary N) is 1. The number of nitrogens with zero attached hydrogens (tertiary/aromatic N) is 1. The largest absolute Gasteiger partial charge is 0.493 e. The van der Waals surface area contributed by atoms with Crippen molar-refractivity contribution in [3.63, 3.8) is 0 Å². The van der Waals surface area contributed by atoms with Crippen LogP contribution in [0, 0.1) is 3.57 Å². The molecule has 7 nitrogen and oxygen atoms in total. The predicted molar refractivity (Wildman–Crippen MR) is 152 cm³/mol. The van der Waals surface area contributed by atoms with E-state index < -0.39 is 17.1 Å². The van der Waals surface area contributed by atoms with Gasteiger partial charge in [-0.2, -0.15) is 0 Å². The molecule has 36 heavy (non-hydrogen) atoms. The Bertz CT molecular complexity index is 1330. The first kappa shape index (κ1) is 26.2. The smallest absolute Gasteiger partial charge is 0.294 e. The fourth-order valence-electron chi connectivity index (χ4n) is 3.30. The maximum Gasteiger partial charge on any atom is 0.294 e. The average Bonchev–Trinajstić information content (AvgIpc) is 3.12. The number of ether oxygens (including phenoxy) is 2. The zero-order valence-corrected chi connectivity index (χ0v) is 23.6. The summed E-state index contributed by atoms with van der Waals surface area (Å²) in [6.07, 6.45) is 1.60. The third-order valence-electron chi connectivity index (χ3n) is 5.10. The molecule has 1 N–H and O–H groups in total. The molecule has 0 unspecified atom stereocenters. The number of carbonyl (C=O) groups excluding carboxylic acids is 3. The Morgan fingerprint density at radius 3 is 2.47 bits per heavy atom. The van der Waals surface area contributed by atoms with Gasteiger partial charge in [0.25, 0.3) is 11.1 Å². The molecular formula is C26H20BrIN2O5S. The Morgan fingerprint density at radius 2 is 1.78 bits per heavy atom. The maximum absolute atomic E-state index is 12.8. The number of halogens is 2. The van der Waals surface area contributed by atoms with E-state index in [9.17, 15) is 14.4 Å². The minimum Gasteiger partial charge on any atom is -0.493 e. The normalized spacial score (nSPS) is 14.3. The van der Waals surface area contributed by atoms with Gasteiger partial charge in [-0.25, -0.2) is 0 Å². The van der Waals surface area contributed by atoms with E-state index in [0.717, 1.165) is 30.3 Å². The second-order valence-corrected chi connectivity index (χ2v) is 10.8. The number of hydrogen-bond donors (Lipinski definition) is 1. The molecule has 1 fully saturated rings. The van der Waals surface area contributed by atoms with Gasteiger partial charge in [0.15, 0.2) is 11.5 Å². The predicted octanol–water partition coefficient (Wildman–Crippen LogP) is 6.32. The molecule has 10 heteroatoms. The average molecular weight is 679 g/mol. The number of imide groups is 1. The molecule has 0 spiro atoms. The monoisotopic (exact) mass is 678 g/mol. The third kappa shape index (κ3) is 6.68. The summed E-state index contributed by atoms with van der Waals surface area (Å²) < 4.78 is 13.4. The number of benzene rings is 3. The Kier molecular flexibility index (Phi) is 8.70. The lowest BCUT2D eigenvalue weighted by molar-refractivity contribution is -0.127. The maximum atomic E-state index is 12.8. The molecule has 184 valence electrons. The summed E-state index contributed by atoms with van der Waals surface area (Å²) in [7, 11) is 1.54. The van der Waals surface area contributed by atoms with Crippen molar-refractivity contribution in [3.05, 3.63) is 90.8 Å². The van der Waals surface area contributed by atoms with Gasteiger partial charge in [-0.15, -0.1) is 0 Å². The minimum atomic E-state index is -0.519. The van der Waals surface area contributed by atoms with Gasteiger partial charge in [-0.1, -0.05) is 34.1 Å². The second-order valence-electron chi connectivity index (χ2n) is 7.65. The zero-order chi connectivity index (χ0) is 25.7. The molecule has 1 heterocycles. The van der Waals surface area contributed by atoms with Gasteiger partial charge in [0.1, 0.15) is 13.2 Å². The summed E-state index contributed by atoms with van der Waals surface area (Å²) >= 11 is 6.37. The van der Waals surface area contributed by atoms with E-state index in [0.29, 0.717) is 29.4 Å². The lowest BCUT2D eigenvalue weighted by Crippen LogP contribution is -2.36. The van der Waals surface area contributed by atoms with Gasteiger partial charge in [0.2, 0.25) is 5.91 Å². The molecule has 0 aliphatic carbocycles. The highest BCUT2D eigenvalue weighted by Gasteiger charge is 2.36. The minimum absolute atomic E-state index is 0.228. The van der Waals surface area contributed by atoms with Crippen molar-refractivity contribution >= 4 is 79.1 Å². The number of amides is 3. The summed E-state index contributed by atoms with van der Waals surface area (Å²) in [6.45, 7) is 0.0144. The van der Waals surface area contributed by atoms with Gasteiger partial charge >= 0.3 is 0 Å². The summed E-state index contributed by atoms with van der Waals surface area (Å²) in [5, 5.41) is 2.19. The van der Waals surface area contributed by atoms with Crippen LogP contribution >= 0.6 is 50.3 Å². The van der Waals surface area contributed by atoms with Crippen LogP contribution in [0.25, 0.3) is 6.08 Å². The van der Waals surface area contributed by atoms with Crippen LogP contribution < -0.4 is 14.8 Å². The van der Waals surface area contributed by atoms with E-state index in [-0.39, 0.29) is 11.4 Å². The van der Waals surface area contributed by atoms with Gasteiger partial charge in [-0.3, -0.25) is 19.3 Å². The molecule has 3 amide bonds. The van der Waals surface area contributed by atoms with Gasteiger partial charge in [0, 0.05) is 13.7 Å². The molecule has 0 radical (unpaired) electrons. The summed E-state index contributed by atoms with van der Waals surface area (Å²) in [5.41, 5.74) is 2.26. The lowest BCUT2D eigenvalue weighted by atomic mass is 10.1. The fourth-order valence-corrected chi connectivity index (χ4v) is 4.76. The van der Waals surface area contributed by atoms with Gasteiger partial charge in [-0.05, 0) is 100 Å². The standard InChI is InChI=1S/C26H20BrIN2O5S/c1-34-22-12-17(4-11-21(22)35-15-16-2-7-19(28)8-3-16)13-23-25(32)30(26(33)36-23)14-24(31)29-20-9-5-18(27)6-10-20/h2-13H,14-15H2,1H3,(H,29,31)/b23-13-. The Morgan fingerprint density at radius 1 is 1.06 bits per heavy atom. The van der Waals surface area contributed by atoms with Crippen molar-refractivity contribution in [2.75, 3.05) is 19.0 Å². The highest BCUT2D eigenvalue weighted by Crippen LogP contribution is 2.34. The molecule has 0 saturated carbocycles. The van der Waals surface area contributed by atoms with E-state index in [1.807, 2.05) is 24.3 Å². The highest BCUT2D eigenvalue weighted by atomic mass is 127.